The highest BCUT2D eigenvalue weighted by atomic mass is 16.2. The first kappa shape index (κ1) is 14.5. The molecule has 1 rings (SSSR count). The molecule has 0 aromatic heterocycles. The summed E-state index contributed by atoms with van der Waals surface area (Å²) in [6.07, 6.45) is 3.04. The average molecular weight is 240 g/mol. The predicted octanol–water partition coefficient (Wildman–Crippen LogP) is 2.32. The Hall–Kier alpha value is -0.570. The molecule has 2 N–H and O–H groups in total. The van der Waals surface area contributed by atoms with Crippen LogP contribution in [-0.4, -0.2) is 24.5 Å². The molecule has 1 heterocycles. The number of carbonyl (C=O) groups is 1. The fourth-order valence-electron chi connectivity index (χ4n) is 2.76. The SMILES string of the molecule is CC(C)CC(C)(C)C(=O)NC1CCNC(C)C1. The van der Waals surface area contributed by atoms with Gasteiger partial charge in [0, 0.05) is 17.5 Å². The third kappa shape index (κ3) is 4.66. The molecule has 100 valence electrons. The molecular weight excluding hydrogens is 212 g/mol. The van der Waals surface area contributed by atoms with E-state index in [9.17, 15) is 4.79 Å². The number of hydrogen-bond donors (Lipinski definition) is 2. The molecule has 17 heavy (non-hydrogen) atoms. The fraction of sp³-hybridized carbons (Fsp3) is 0.929. The summed E-state index contributed by atoms with van der Waals surface area (Å²) in [7, 11) is 0. The number of carbonyl (C=O) groups excluding carboxylic acids is 1. The van der Waals surface area contributed by atoms with E-state index in [0.29, 0.717) is 18.0 Å². The van der Waals surface area contributed by atoms with Crippen LogP contribution < -0.4 is 10.6 Å². The summed E-state index contributed by atoms with van der Waals surface area (Å²) in [6.45, 7) is 11.6. The standard InChI is InChI=1S/C14H28N2O/c1-10(2)9-14(4,5)13(17)16-12-6-7-15-11(3)8-12/h10-12,15H,6-9H2,1-5H3,(H,16,17). The lowest BCUT2D eigenvalue weighted by Gasteiger charge is -2.32. The first-order valence-corrected chi connectivity index (χ1v) is 6.85. The maximum Gasteiger partial charge on any atom is 0.225 e. The smallest absolute Gasteiger partial charge is 0.225 e. The Labute approximate surface area is 106 Å². The van der Waals surface area contributed by atoms with Gasteiger partial charge in [-0.1, -0.05) is 27.7 Å². The second kappa shape index (κ2) is 5.85. The minimum absolute atomic E-state index is 0.213. The summed E-state index contributed by atoms with van der Waals surface area (Å²) in [4.78, 5) is 12.2. The molecule has 1 aliphatic rings. The van der Waals surface area contributed by atoms with E-state index in [-0.39, 0.29) is 11.3 Å². The molecular formula is C14H28N2O. The summed E-state index contributed by atoms with van der Waals surface area (Å²) in [5.41, 5.74) is -0.248. The lowest BCUT2D eigenvalue weighted by Crippen LogP contribution is -2.50. The molecule has 2 unspecified atom stereocenters. The highest BCUT2D eigenvalue weighted by molar-refractivity contribution is 5.82. The molecule has 1 fully saturated rings. The minimum Gasteiger partial charge on any atom is -0.353 e. The van der Waals surface area contributed by atoms with E-state index in [2.05, 4.69) is 31.4 Å². The lowest BCUT2D eigenvalue weighted by molar-refractivity contribution is -0.131. The van der Waals surface area contributed by atoms with Crippen molar-refractivity contribution in [2.45, 2.75) is 66.0 Å². The van der Waals surface area contributed by atoms with Crippen molar-refractivity contribution in [3.8, 4) is 0 Å². The number of rotatable bonds is 4. The van der Waals surface area contributed by atoms with Gasteiger partial charge in [-0.25, -0.2) is 0 Å². The summed E-state index contributed by atoms with van der Waals surface area (Å²) >= 11 is 0. The van der Waals surface area contributed by atoms with E-state index < -0.39 is 0 Å². The third-order valence-corrected chi connectivity index (χ3v) is 3.49. The average Bonchev–Trinajstić information content (AvgIpc) is 2.15. The van der Waals surface area contributed by atoms with Crippen molar-refractivity contribution in [2.75, 3.05) is 6.54 Å². The first-order chi connectivity index (χ1) is 7.81. The fourth-order valence-corrected chi connectivity index (χ4v) is 2.76. The molecule has 0 saturated carbocycles. The highest BCUT2D eigenvalue weighted by Gasteiger charge is 2.30. The summed E-state index contributed by atoms with van der Waals surface area (Å²) in [5, 5.41) is 6.62. The third-order valence-electron chi connectivity index (χ3n) is 3.49. The topological polar surface area (TPSA) is 41.1 Å². The molecule has 0 bridgehead atoms. The van der Waals surface area contributed by atoms with E-state index in [0.717, 1.165) is 25.8 Å². The minimum atomic E-state index is -0.248. The molecule has 3 nitrogen and oxygen atoms in total. The van der Waals surface area contributed by atoms with Gasteiger partial charge < -0.3 is 10.6 Å². The molecule has 0 aromatic carbocycles. The molecule has 1 amide bonds. The van der Waals surface area contributed by atoms with Gasteiger partial charge in [0.15, 0.2) is 0 Å². The summed E-state index contributed by atoms with van der Waals surface area (Å²) in [6, 6.07) is 0.868. The van der Waals surface area contributed by atoms with Crippen molar-refractivity contribution in [2.24, 2.45) is 11.3 Å². The molecule has 1 aliphatic heterocycles. The van der Waals surface area contributed by atoms with E-state index in [4.69, 9.17) is 0 Å². The van der Waals surface area contributed by atoms with Crippen LogP contribution in [0.1, 0.15) is 53.9 Å². The Bertz CT molecular complexity index is 261. The number of amides is 1. The summed E-state index contributed by atoms with van der Waals surface area (Å²) in [5.74, 6) is 0.771. The number of piperidine rings is 1. The van der Waals surface area contributed by atoms with Gasteiger partial charge in [-0.05, 0) is 38.6 Å². The van der Waals surface area contributed by atoms with Gasteiger partial charge in [-0.15, -0.1) is 0 Å². The van der Waals surface area contributed by atoms with Crippen LogP contribution in [0.25, 0.3) is 0 Å². The molecule has 1 saturated heterocycles. The van der Waals surface area contributed by atoms with Crippen LogP contribution in [0, 0.1) is 11.3 Å². The molecule has 0 spiro atoms. The van der Waals surface area contributed by atoms with Crippen molar-refractivity contribution in [3.05, 3.63) is 0 Å². The highest BCUT2D eigenvalue weighted by Crippen LogP contribution is 2.26. The second-order valence-corrected chi connectivity index (χ2v) is 6.53. The van der Waals surface area contributed by atoms with Crippen molar-refractivity contribution in [3.63, 3.8) is 0 Å². The Kier molecular flexibility index (Phi) is 4.99. The Morgan fingerprint density at radius 1 is 1.47 bits per heavy atom. The maximum absolute atomic E-state index is 12.2. The van der Waals surface area contributed by atoms with Crippen molar-refractivity contribution in [1.29, 1.82) is 0 Å². The zero-order valence-electron chi connectivity index (χ0n) is 12.0. The van der Waals surface area contributed by atoms with Crippen molar-refractivity contribution >= 4 is 5.91 Å². The Morgan fingerprint density at radius 3 is 2.65 bits per heavy atom. The lowest BCUT2D eigenvalue weighted by atomic mass is 9.82. The van der Waals surface area contributed by atoms with E-state index in [1.165, 1.54) is 0 Å². The van der Waals surface area contributed by atoms with Gasteiger partial charge in [-0.2, -0.15) is 0 Å². The Morgan fingerprint density at radius 2 is 2.12 bits per heavy atom. The van der Waals surface area contributed by atoms with Crippen LogP contribution in [0.5, 0.6) is 0 Å². The number of hydrogen-bond acceptors (Lipinski definition) is 2. The quantitative estimate of drug-likeness (QED) is 0.792. The number of nitrogens with one attached hydrogen (secondary N) is 2. The van der Waals surface area contributed by atoms with E-state index in [1.54, 1.807) is 0 Å². The van der Waals surface area contributed by atoms with Crippen LogP contribution in [0.15, 0.2) is 0 Å². The van der Waals surface area contributed by atoms with Gasteiger partial charge in [-0.3, -0.25) is 4.79 Å². The van der Waals surface area contributed by atoms with Crippen LogP contribution >= 0.6 is 0 Å². The zero-order valence-corrected chi connectivity index (χ0v) is 12.0. The van der Waals surface area contributed by atoms with E-state index in [1.807, 2.05) is 13.8 Å². The van der Waals surface area contributed by atoms with Gasteiger partial charge in [0.1, 0.15) is 0 Å². The van der Waals surface area contributed by atoms with Crippen LogP contribution in [0.2, 0.25) is 0 Å². The van der Waals surface area contributed by atoms with Crippen molar-refractivity contribution in [1.82, 2.24) is 10.6 Å². The van der Waals surface area contributed by atoms with Crippen molar-refractivity contribution < 1.29 is 4.79 Å². The molecule has 3 heteroatoms. The normalized spacial score (nSPS) is 26.0. The van der Waals surface area contributed by atoms with Gasteiger partial charge >= 0.3 is 0 Å². The summed E-state index contributed by atoms with van der Waals surface area (Å²) < 4.78 is 0. The van der Waals surface area contributed by atoms with Gasteiger partial charge in [0.2, 0.25) is 5.91 Å². The Balaban J connectivity index is 2.47. The molecule has 2 atom stereocenters. The zero-order chi connectivity index (χ0) is 13.1. The second-order valence-electron chi connectivity index (χ2n) is 6.53. The largest absolute Gasteiger partial charge is 0.353 e. The molecule has 0 aliphatic carbocycles. The molecule has 0 radical (unpaired) electrons. The first-order valence-electron chi connectivity index (χ1n) is 6.85. The van der Waals surface area contributed by atoms with Crippen LogP contribution in [0.3, 0.4) is 0 Å². The van der Waals surface area contributed by atoms with Crippen LogP contribution in [0.4, 0.5) is 0 Å². The van der Waals surface area contributed by atoms with E-state index >= 15 is 0 Å². The maximum atomic E-state index is 12.2. The predicted molar refractivity (Wildman–Crippen MR) is 71.9 cm³/mol. The van der Waals surface area contributed by atoms with Gasteiger partial charge in [0.05, 0.1) is 0 Å². The molecule has 0 aromatic rings. The monoisotopic (exact) mass is 240 g/mol. The van der Waals surface area contributed by atoms with Gasteiger partial charge in [0.25, 0.3) is 0 Å². The van der Waals surface area contributed by atoms with Crippen LogP contribution in [-0.2, 0) is 4.79 Å².